The third-order valence-corrected chi connectivity index (χ3v) is 11.9. The third kappa shape index (κ3) is 9.32. The van der Waals surface area contributed by atoms with Crippen LogP contribution in [0.2, 0.25) is 0 Å². The van der Waals surface area contributed by atoms with Crippen molar-refractivity contribution in [3.05, 3.63) is 216 Å². The zero-order chi connectivity index (χ0) is 58.2. The molecule has 0 unspecified atom stereocenters. The van der Waals surface area contributed by atoms with Crippen molar-refractivity contribution in [2.45, 2.75) is 61.5 Å². The van der Waals surface area contributed by atoms with Gasteiger partial charge in [0.2, 0.25) is 0 Å². The van der Waals surface area contributed by atoms with Crippen molar-refractivity contribution in [3.63, 3.8) is 0 Å². The Balaban J connectivity index is 0.000000230. The molecule has 4 heteroatoms. The molecule has 0 bridgehead atoms. The van der Waals surface area contributed by atoms with Gasteiger partial charge in [0, 0.05) is 57.1 Å². The van der Waals surface area contributed by atoms with Crippen LogP contribution in [0.3, 0.4) is 0 Å². The summed E-state index contributed by atoms with van der Waals surface area (Å²) in [5.74, 6) is 0. The van der Waals surface area contributed by atoms with E-state index in [1.54, 1.807) is 42.6 Å². The van der Waals surface area contributed by atoms with Crippen LogP contribution in [-0.2, 0) is 26.5 Å². The smallest absolute Gasteiger partial charge is 0.121 e. The van der Waals surface area contributed by atoms with Crippen LogP contribution in [0, 0.1) is 51.9 Å². The summed E-state index contributed by atoms with van der Waals surface area (Å²) in [4.78, 5) is 8.99. The van der Waals surface area contributed by atoms with Crippen LogP contribution in [0.4, 0.5) is 0 Å². The molecule has 337 valence electrons. The molecule has 1 radical (unpaired) electrons. The number of aryl methyl sites for hydroxylation is 5. The number of pyridine rings is 2. The zero-order valence-corrected chi connectivity index (χ0v) is 40.2. The molecule has 0 N–H and O–H groups in total. The molecule has 11 rings (SSSR count). The molecule has 0 fully saturated rings. The van der Waals surface area contributed by atoms with Crippen LogP contribution < -0.4 is 0 Å². The molecule has 0 atom stereocenters. The Morgan fingerprint density at radius 2 is 1.25 bits per heavy atom. The molecule has 0 saturated carbocycles. The van der Waals surface area contributed by atoms with Gasteiger partial charge in [-0.25, -0.2) is 0 Å². The van der Waals surface area contributed by atoms with Gasteiger partial charge in [0.05, 0.1) is 5.58 Å². The largest absolute Gasteiger partial charge is 0.501 e. The molecule has 3 nitrogen and oxygen atoms in total. The van der Waals surface area contributed by atoms with Gasteiger partial charge in [0.1, 0.15) is 5.58 Å². The minimum atomic E-state index is -2.73. The second-order valence-corrected chi connectivity index (χ2v) is 17.8. The van der Waals surface area contributed by atoms with E-state index in [4.69, 9.17) is 23.6 Å². The Kier molecular flexibility index (Phi) is 8.90. The standard InChI is InChI=1S/C41H30NO.C23H24N.Ir/c1-24-12-14-29(15-13-24)34-18-26(3)35(19-25(34)2)36-21-39(42-23-27(36)4)33-11-7-10-32-38-20-30-17-16-28-8-5-6-9-31(28)37(30)22-40(38)43-41(32)33;1-17-10-12-20(14-21(17)19-8-6-5-7-9-19)22-13-11-18(16-24-22)15-23(2,3)4;/h5-10,12-23H,1-4H3;5-11,13-14,16H,15H2,1-4H3;/q2*-1;/i2D3,3D3,4D3;1D3,15D2;. The maximum atomic E-state index is 8.52. The van der Waals surface area contributed by atoms with Gasteiger partial charge >= 0.3 is 0 Å². The number of fused-ring (bicyclic) bond motifs is 6. The van der Waals surface area contributed by atoms with Crippen LogP contribution in [0.5, 0.6) is 0 Å². The minimum absolute atomic E-state index is 0. The fourth-order valence-corrected chi connectivity index (χ4v) is 8.60. The van der Waals surface area contributed by atoms with E-state index < -0.39 is 39.2 Å². The fraction of sp³-hybridized carbons (Fsp3) is 0.156. The van der Waals surface area contributed by atoms with E-state index in [9.17, 15) is 0 Å². The van der Waals surface area contributed by atoms with E-state index in [0.29, 0.717) is 44.7 Å². The quantitative estimate of drug-likeness (QED) is 0.123. The SMILES string of the molecule is [2H]C([2H])([2H])c1c[c-]c(-c2ccc(C([2H])([2H])C(C)(C)C)cn2)cc1-c1ccccc1.[2H]C([2H])([2H])c1cc(-c2cc(-c3[c-]ccc4c3oc3cc5c(ccc6ccccc65)cc34)ncc2C([2H])([2H])[2H])c(C([2H])([2H])[2H])cc1-c1ccc(C)cc1.[Ir]. The number of furan rings is 1. The number of aromatic nitrogens is 2. The summed E-state index contributed by atoms with van der Waals surface area (Å²) >= 11 is 0. The van der Waals surface area contributed by atoms with Gasteiger partial charge in [-0.15, -0.1) is 47.5 Å². The molecule has 0 aliphatic carbocycles. The Morgan fingerprint density at radius 3 is 2.01 bits per heavy atom. The Labute approximate surface area is 434 Å². The van der Waals surface area contributed by atoms with Gasteiger partial charge in [-0.3, -0.25) is 0 Å². The topological polar surface area (TPSA) is 38.9 Å². The Hall–Kier alpha value is -6.97. The summed E-state index contributed by atoms with van der Waals surface area (Å²) in [6.45, 7) is -2.87. The third-order valence-electron chi connectivity index (χ3n) is 11.9. The first kappa shape index (κ1) is 31.9. The first-order valence-corrected chi connectivity index (χ1v) is 22.0. The number of rotatable bonds is 6. The van der Waals surface area contributed by atoms with Crippen molar-refractivity contribution in [1.29, 1.82) is 0 Å². The molecule has 0 aliphatic heterocycles. The predicted octanol–water partition coefficient (Wildman–Crippen LogP) is 17.4. The van der Waals surface area contributed by atoms with Crippen molar-refractivity contribution in [2.75, 3.05) is 0 Å². The van der Waals surface area contributed by atoms with E-state index >= 15 is 0 Å². The summed E-state index contributed by atoms with van der Waals surface area (Å²) in [5, 5.41) is 5.96. The zero-order valence-electron chi connectivity index (χ0n) is 51.8. The van der Waals surface area contributed by atoms with Gasteiger partial charge in [0.15, 0.2) is 0 Å². The number of hydrogen-bond donors (Lipinski definition) is 0. The van der Waals surface area contributed by atoms with Crippen LogP contribution in [0.15, 0.2) is 175 Å². The molecular formula is C64H54IrN2O-2. The molecule has 11 aromatic rings. The van der Waals surface area contributed by atoms with Crippen LogP contribution in [-0.4, -0.2) is 9.97 Å². The molecule has 0 aliphatic rings. The maximum Gasteiger partial charge on any atom is 0.121 e. The van der Waals surface area contributed by atoms with Gasteiger partial charge in [-0.1, -0.05) is 171 Å². The van der Waals surface area contributed by atoms with Crippen molar-refractivity contribution < 1.29 is 43.7 Å². The summed E-state index contributed by atoms with van der Waals surface area (Å²) < 4.78 is 123. The first-order valence-electron chi connectivity index (χ1n) is 29.0. The minimum Gasteiger partial charge on any atom is -0.501 e. The molecule has 3 aromatic heterocycles. The van der Waals surface area contributed by atoms with E-state index in [1.165, 1.54) is 30.5 Å². The monoisotopic (exact) mass is 1070 g/mol. The molecule has 8 aromatic carbocycles. The fourth-order valence-electron chi connectivity index (χ4n) is 8.60. The molecule has 0 amide bonds. The van der Waals surface area contributed by atoms with Crippen molar-refractivity contribution in [2.24, 2.45) is 5.41 Å². The number of nitrogens with zero attached hydrogens (tertiary/aromatic N) is 2. The van der Waals surface area contributed by atoms with E-state index in [-0.39, 0.29) is 64.7 Å². The van der Waals surface area contributed by atoms with Gasteiger partial charge in [0.25, 0.3) is 0 Å². The molecular weight excluding hydrogens is 1000 g/mol. The average Bonchev–Trinajstić information content (AvgIpc) is 3.11. The summed E-state index contributed by atoms with van der Waals surface area (Å²) in [5.41, 5.74) is 6.03. The van der Waals surface area contributed by atoms with Gasteiger partial charge in [-0.2, -0.15) is 0 Å². The number of benzene rings is 8. The van der Waals surface area contributed by atoms with E-state index in [2.05, 4.69) is 52.4 Å². The maximum absolute atomic E-state index is 8.52. The first-order chi connectivity index (χ1) is 38.0. The summed E-state index contributed by atoms with van der Waals surface area (Å²) in [6, 6.07) is 53.8. The summed E-state index contributed by atoms with van der Waals surface area (Å²) in [6.07, 6.45) is 1.23. The Bertz CT molecular complexity index is 4180. The molecule has 3 heterocycles. The van der Waals surface area contributed by atoms with Gasteiger partial charge < -0.3 is 14.4 Å². The van der Waals surface area contributed by atoms with Crippen molar-refractivity contribution in [3.8, 4) is 55.9 Å². The van der Waals surface area contributed by atoms with E-state index in [0.717, 1.165) is 43.4 Å². The Morgan fingerprint density at radius 1 is 0.559 bits per heavy atom. The van der Waals surface area contributed by atoms with Crippen LogP contribution in [0.25, 0.3) is 99.4 Å². The molecule has 68 heavy (non-hydrogen) atoms. The molecule has 0 spiro atoms. The average molecular weight is 1070 g/mol. The van der Waals surface area contributed by atoms with Crippen LogP contribution in [0.1, 0.15) is 73.3 Å². The summed E-state index contributed by atoms with van der Waals surface area (Å²) in [7, 11) is 0. The predicted molar refractivity (Wildman–Crippen MR) is 282 cm³/mol. The van der Waals surface area contributed by atoms with E-state index in [1.807, 2.05) is 94.4 Å². The van der Waals surface area contributed by atoms with Gasteiger partial charge in [-0.05, 0) is 134 Å². The normalized spacial score (nSPS) is 15.5. The van der Waals surface area contributed by atoms with Crippen LogP contribution >= 0.6 is 0 Å². The molecule has 0 saturated heterocycles. The second kappa shape index (κ2) is 19.0. The number of hydrogen-bond acceptors (Lipinski definition) is 3. The second-order valence-electron chi connectivity index (χ2n) is 17.8. The van der Waals surface area contributed by atoms with Crippen molar-refractivity contribution >= 4 is 43.5 Å². The van der Waals surface area contributed by atoms with Crippen molar-refractivity contribution in [1.82, 2.24) is 9.97 Å².